The summed E-state index contributed by atoms with van der Waals surface area (Å²) in [5, 5.41) is 12.1. The Morgan fingerprint density at radius 2 is 2.12 bits per heavy atom. The second kappa shape index (κ2) is 9.29. The second-order valence-corrected chi connectivity index (χ2v) is 7.68. The highest BCUT2D eigenvalue weighted by Gasteiger charge is 2.21. The average molecular weight is 468 g/mol. The zero-order valence-corrected chi connectivity index (χ0v) is 19.1. The Hall–Kier alpha value is -3.92. The zero-order chi connectivity index (χ0) is 23.5. The van der Waals surface area contributed by atoms with Gasteiger partial charge in [-0.15, -0.1) is 0 Å². The number of carbonyl (C=O) groups excluding carboxylic acids is 2. The van der Waals surface area contributed by atoms with Crippen molar-refractivity contribution in [3.8, 4) is 17.0 Å². The van der Waals surface area contributed by atoms with Crippen LogP contribution in [-0.4, -0.2) is 61.8 Å². The number of anilines is 1. The minimum Gasteiger partial charge on any atom is -0.496 e. The number of rotatable bonds is 7. The van der Waals surface area contributed by atoms with Crippen LogP contribution in [0.15, 0.2) is 49.1 Å². The van der Waals surface area contributed by atoms with E-state index < -0.39 is 5.91 Å². The lowest BCUT2D eigenvalue weighted by molar-refractivity contribution is -0.130. The van der Waals surface area contributed by atoms with Crippen molar-refractivity contribution in [3.05, 3.63) is 59.6 Å². The van der Waals surface area contributed by atoms with E-state index >= 15 is 0 Å². The number of nitrogens with one attached hydrogen (secondary N) is 1. The van der Waals surface area contributed by atoms with Crippen LogP contribution >= 0.6 is 11.6 Å². The monoisotopic (exact) mass is 467 g/mol. The molecule has 3 heterocycles. The molecular formula is C22H22ClN7O3. The van der Waals surface area contributed by atoms with Crippen molar-refractivity contribution in [2.75, 3.05) is 26.0 Å². The Bertz CT molecular complexity index is 1330. The maximum Gasteiger partial charge on any atom is 0.261 e. The predicted molar refractivity (Wildman–Crippen MR) is 123 cm³/mol. The smallest absolute Gasteiger partial charge is 0.261 e. The number of ether oxygens (including phenoxy) is 1. The number of fused-ring (bicyclic) bond motifs is 1. The number of benzene rings is 1. The quantitative estimate of drug-likeness (QED) is 0.448. The van der Waals surface area contributed by atoms with E-state index in [0.717, 1.165) is 0 Å². The fourth-order valence-electron chi connectivity index (χ4n) is 3.27. The highest BCUT2D eigenvalue weighted by molar-refractivity contribution is 6.31. The van der Waals surface area contributed by atoms with E-state index in [1.165, 1.54) is 22.5 Å². The van der Waals surface area contributed by atoms with Gasteiger partial charge >= 0.3 is 0 Å². The number of aromatic nitrogens is 5. The van der Waals surface area contributed by atoms with Gasteiger partial charge in [0.2, 0.25) is 5.91 Å². The van der Waals surface area contributed by atoms with E-state index in [4.69, 9.17) is 16.3 Å². The molecule has 10 nitrogen and oxygen atoms in total. The van der Waals surface area contributed by atoms with Gasteiger partial charge in [0.05, 0.1) is 19.0 Å². The first-order valence-corrected chi connectivity index (χ1v) is 10.5. The third-order valence-corrected chi connectivity index (χ3v) is 5.38. The summed E-state index contributed by atoms with van der Waals surface area (Å²) in [5.41, 5.74) is 2.10. The lowest BCUT2D eigenvalue weighted by Crippen LogP contribution is -2.30. The van der Waals surface area contributed by atoms with Crippen molar-refractivity contribution < 1.29 is 14.3 Å². The number of hydrogen-bond acceptors (Lipinski definition) is 6. The number of hydrogen-bond donors (Lipinski definition) is 1. The molecule has 4 rings (SSSR count). The van der Waals surface area contributed by atoms with Crippen LogP contribution in [0.5, 0.6) is 5.75 Å². The van der Waals surface area contributed by atoms with Gasteiger partial charge in [0, 0.05) is 42.8 Å². The summed E-state index contributed by atoms with van der Waals surface area (Å²) >= 11 is 6.22. The van der Waals surface area contributed by atoms with Crippen molar-refractivity contribution in [1.82, 2.24) is 29.3 Å². The molecule has 0 spiro atoms. The summed E-state index contributed by atoms with van der Waals surface area (Å²) in [6, 6.07) is 6.83. The molecular weight excluding hydrogens is 446 g/mol. The van der Waals surface area contributed by atoms with E-state index in [1.54, 1.807) is 54.8 Å². The number of likely N-dealkylation sites (N-methyl/N-ethyl adjacent to an activating group) is 1. The standard InChI is InChI=1S/C22H22ClN7O3/c1-4-28(2)19(31)13-29-12-17(20(27-29)15-10-14(23)6-7-18(15)33-3)26-22(32)16-11-25-30-9-5-8-24-21(16)30/h5-12H,4,13H2,1-3H3,(H,26,32). The summed E-state index contributed by atoms with van der Waals surface area (Å²) in [6.07, 6.45) is 6.34. The minimum atomic E-state index is -0.414. The predicted octanol–water partition coefficient (Wildman–Crippen LogP) is 2.99. The van der Waals surface area contributed by atoms with Crippen LogP contribution in [0.4, 0.5) is 5.69 Å². The van der Waals surface area contributed by atoms with E-state index in [1.807, 2.05) is 6.92 Å². The fourth-order valence-corrected chi connectivity index (χ4v) is 3.44. The van der Waals surface area contributed by atoms with E-state index in [2.05, 4.69) is 20.5 Å². The molecule has 0 aliphatic heterocycles. The first kappa shape index (κ1) is 22.3. The molecule has 0 saturated carbocycles. The van der Waals surface area contributed by atoms with Crippen molar-refractivity contribution in [2.45, 2.75) is 13.5 Å². The van der Waals surface area contributed by atoms with Crippen LogP contribution in [0.2, 0.25) is 5.02 Å². The van der Waals surface area contributed by atoms with Gasteiger partial charge in [0.15, 0.2) is 5.65 Å². The molecule has 2 amide bonds. The van der Waals surface area contributed by atoms with Crippen LogP contribution < -0.4 is 10.1 Å². The van der Waals surface area contributed by atoms with Gasteiger partial charge in [-0.2, -0.15) is 10.2 Å². The van der Waals surface area contributed by atoms with E-state index in [0.29, 0.717) is 45.5 Å². The first-order valence-electron chi connectivity index (χ1n) is 10.2. The van der Waals surface area contributed by atoms with Gasteiger partial charge in [-0.05, 0) is 31.2 Å². The van der Waals surface area contributed by atoms with Crippen LogP contribution in [0.25, 0.3) is 16.9 Å². The van der Waals surface area contributed by atoms with Crippen molar-refractivity contribution >= 4 is 34.7 Å². The largest absolute Gasteiger partial charge is 0.496 e. The molecule has 0 fully saturated rings. The highest BCUT2D eigenvalue weighted by atomic mass is 35.5. The van der Waals surface area contributed by atoms with Crippen molar-refractivity contribution in [1.29, 1.82) is 0 Å². The molecule has 0 aliphatic carbocycles. The van der Waals surface area contributed by atoms with Gasteiger partial charge in [-0.3, -0.25) is 14.3 Å². The molecule has 33 heavy (non-hydrogen) atoms. The minimum absolute atomic E-state index is 0.00830. The number of nitrogens with zero attached hydrogens (tertiary/aromatic N) is 6. The highest BCUT2D eigenvalue weighted by Crippen LogP contribution is 2.36. The molecule has 11 heteroatoms. The number of carbonyl (C=O) groups is 2. The number of methoxy groups -OCH3 is 1. The van der Waals surface area contributed by atoms with Crippen LogP contribution in [0.3, 0.4) is 0 Å². The summed E-state index contributed by atoms with van der Waals surface area (Å²) in [7, 11) is 3.25. The summed E-state index contributed by atoms with van der Waals surface area (Å²) < 4.78 is 8.46. The lowest BCUT2D eigenvalue weighted by Gasteiger charge is -2.13. The Labute approximate surface area is 194 Å². The van der Waals surface area contributed by atoms with E-state index in [9.17, 15) is 9.59 Å². The summed E-state index contributed by atoms with van der Waals surface area (Å²) in [4.78, 5) is 31.4. The number of amides is 2. The van der Waals surface area contributed by atoms with Gasteiger partial charge in [-0.25, -0.2) is 9.50 Å². The SMILES string of the molecule is CCN(C)C(=O)Cn1cc(NC(=O)c2cnn3cccnc23)c(-c2cc(Cl)ccc2OC)n1. The molecule has 0 bridgehead atoms. The Kier molecular flexibility index (Phi) is 6.27. The van der Waals surface area contributed by atoms with Gasteiger partial charge < -0.3 is 15.0 Å². The molecule has 0 radical (unpaired) electrons. The van der Waals surface area contributed by atoms with Gasteiger partial charge in [0.25, 0.3) is 5.91 Å². The maximum absolute atomic E-state index is 13.1. The molecule has 170 valence electrons. The molecule has 4 aromatic rings. The summed E-state index contributed by atoms with van der Waals surface area (Å²) in [6.45, 7) is 2.47. The van der Waals surface area contributed by atoms with Gasteiger partial charge in [-0.1, -0.05) is 11.6 Å². The third-order valence-electron chi connectivity index (χ3n) is 5.15. The van der Waals surface area contributed by atoms with Crippen LogP contribution in [-0.2, 0) is 11.3 Å². The molecule has 1 N–H and O–H groups in total. The zero-order valence-electron chi connectivity index (χ0n) is 18.3. The average Bonchev–Trinajstić information content (AvgIpc) is 3.42. The first-order chi connectivity index (χ1) is 15.9. The molecule has 3 aromatic heterocycles. The molecule has 0 unspecified atom stereocenters. The molecule has 0 atom stereocenters. The van der Waals surface area contributed by atoms with Crippen LogP contribution in [0, 0.1) is 0 Å². The molecule has 0 aliphatic rings. The van der Waals surface area contributed by atoms with Crippen molar-refractivity contribution in [3.63, 3.8) is 0 Å². The summed E-state index contributed by atoms with van der Waals surface area (Å²) in [5.74, 6) is -0.00777. The lowest BCUT2D eigenvalue weighted by atomic mass is 10.1. The van der Waals surface area contributed by atoms with Gasteiger partial charge in [0.1, 0.15) is 23.6 Å². The Morgan fingerprint density at radius 1 is 1.30 bits per heavy atom. The topological polar surface area (TPSA) is 107 Å². The fraction of sp³-hybridized carbons (Fsp3) is 0.227. The second-order valence-electron chi connectivity index (χ2n) is 7.24. The Morgan fingerprint density at radius 3 is 2.88 bits per heavy atom. The number of halogens is 1. The molecule has 0 saturated heterocycles. The van der Waals surface area contributed by atoms with E-state index in [-0.39, 0.29) is 12.5 Å². The van der Waals surface area contributed by atoms with Crippen molar-refractivity contribution in [2.24, 2.45) is 0 Å². The van der Waals surface area contributed by atoms with Crippen LogP contribution in [0.1, 0.15) is 17.3 Å². The normalized spacial score (nSPS) is 10.9. The molecule has 1 aromatic carbocycles. The third kappa shape index (κ3) is 4.51. The maximum atomic E-state index is 13.1. The Balaban J connectivity index is 1.75.